The lowest BCUT2D eigenvalue weighted by Gasteiger charge is -2.43. The molecule has 11 heavy (non-hydrogen) atoms. The molecule has 0 heterocycles. The lowest BCUT2D eigenvalue weighted by Crippen LogP contribution is -2.37. The first kappa shape index (κ1) is 6.99. The molecule has 0 aromatic carbocycles. The Hall–Kier alpha value is -0.690. The molecule has 3 fully saturated rings. The SMILES string of the molecule is [N-]=[N+]=NC12CCC(CC1)CC2. The first-order valence-electron chi connectivity index (χ1n) is 4.41. The zero-order valence-electron chi connectivity index (χ0n) is 6.66. The highest BCUT2D eigenvalue weighted by Crippen LogP contribution is 2.46. The maximum atomic E-state index is 8.39. The average molecular weight is 151 g/mol. The van der Waals surface area contributed by atoms with Gasteiger partial charge in [-0.05, 0) is 50.0 Å². The van der Waals surface area contributed by atoms with Gasteiger partial charge in [0, 0.05) is 10.5 Å². The summed E-state index contributed by atoms with van der Waals surface area (Å²) in [5.74, 6) is 0.950. The van der Waals surface area contributed by atoms with Gasteiger partial charge in [0.1, 0.15) is 0 Å². The van der Waals surface area contributed by atoms with Crippen LogP contribution in [0.5, 0.6) is 0 Å². The lowest BCUT2D eigenvalue weighted by molar-refractivity contribution is 0.141. The molecular formula is C8H13N3. The Kier molecular flexibility index (Phi) is 1.53. The summed E-state index contributed by atoms with van der Waals surface area (Å²) in [7, 11) is 0. The van der Waals surface area contributed by atoms with E-state index in [4.69, 9.17) is 5.53 Å². The van der Waals surface area contributed by atoms with Gasteiger partial charge in [-0.25, -0.2) is 0 Å². The molecular weight excluding hydrogens is 138 g/mol. The molecule has 60 valence electrons. The number of azide groups is 1. The highest BCUT2D eigenvalue weighted by molar-refractivity contribution is 4.98. The van der Waals surface area contributed by atoms with Gasteiger partial charge in [0.2, 0.25) is 0 Å². The van der Waals surface area contributed by atoms with Crippen LogP contribution in [0.1, 0.15) is 38.5 Å². The number of hydrogen-bond acceptors (Lipinski definition) is 1. The molecule has 3 aliphatic rings. The molecule has 0 radical (unpaired) electrons. The van der Waals surface area contributed by atoms with Crippen molar-refractivity contribution in [2.45, 2.75) is 44.1 Å². The van der Waals surface area contributed by atoms with Crippen LogP contribution in [0.15, 0.2) is 5.11 Å². The number of nitrogens with zero attached hydrogens (tertiary/aromatic N) is 3. The van der Waals surface area contributed by atoms with Crippen LogP contribution >= 0.6 is 0 Å². The van der Waals surface area contributed by atoms with Gasteiger partial charge in [0.25, 0.3) is 0 Å². The Morgan fingerprint density at radius 3 is 2.18 bits per heavy atom. The summed E-state index contributed by atoms with van der Waals surface area (Å²) in [6.07, 6.45) is 7.29. The van der Waals surface area contributed by atoms with Crippen molar-refractivity contribution in [3.05, 3.63) is 10.4 Å². The Bertz CT molecular complexity index is 184. The second-order valence-electron chi connectivity index (χ2n) is 3.90. The average Bonchev–Trinajstić information content (AvgIpc) is 2.07. The third-order valence-corrected chi connectivity index (χ3v) is 3.31. The van der Waals surface area contributed by atoms with Crippen LogP contribution in [0.4, 0.5) is 0 Å². The Balaban J connectivity index is 2.17. The van der Waals surface area contributed by atoms with Crippen LogP contribution in [-0.4, -0.2) is 5.54 Å². The molecule has 0 amide bonds. The van der Waals surface area contributed by atoms with E-state index >= 15 is 0 Å². The largest absolute Gasteiger partial charge is 0.0873 e. The number of fused-ring (bicyclic) bond motifs is 3. The van der Waals surface area contributed by atoms with Gasteiger partial charge in [-0.3, -0.25) is 0 Å². The summed E-state index contributed by atoms with van der Waals surface area (Å²) in [6.45, 7) is 0. The van der Waals surface area contributed by atoms with Crippen LogP contribution in [0.3, 0.4) is 0 Å². The molecule has 0 unspecified atom stereocenters. The van der Waals surface area contributed by atoms with Crippen molar-refractivity contribution in [1.29, 1.82) is 0 Å². The Morgan fingerprint density at radius 2 is 1.73 bits per heavy atom. The molecule has 0 aromatic heterocycles. The molecule has 3 nitrogen and oxygen atoms in total. The normalized spacial score (nSPS) is 41.6. The van der Waals surface area contributed by atoms with Gasteiger partial charge in [-0.15, -0.1) is 0 Å². The van der Waals surface area contributed by atoms with Crippen LogP contribution in [0.25, 0.3) is 10.4 Å². The van der Waals surface area contributed by atoms with Crippen LogP contribution < -0.4 is 0 Å². The van der Waals surface area contributed by atoms with E-state index in [-0.39, 0.29) is 5.54 Å². The molecule has 3 rings (SSSR count). The minimum absolute atomic E-state index is 0.0451. The van der Waals surface area contributed by atoms with E-state index in [1.165, 1.54) is 19.3 Å². The van der Waals surface area contributed by atoms with Gasteiger partial charge >= 0.3 is 0 Å². The summed E-state index contributed by atoms with van der Waals surface area (Å²) >= 11 is 0. The van der Waals surface area contributed by atoms with Crippen LogP contribution in [0.2, 0.25) is 0 Å². The third kappa shape index (κ3) is 1.10. The summed E-state index contributed by atoms with van der Waals surface area (Å²) in [5.41, 5.74) is 8.44. The molecule has 3 saturated carbocycles. The van der Waals surface area contributed by atoms with Crippen molar-refractivity contribution in [2.75, 3.05) is 0 Å². The summed E-state index contributed by atoms with van der Waals surface area (Å²) in [5, 5.41) is 3.95. The molecule has 0 atom stereocenters. The minimum Gasteiger partial charge on any atom is -0.0873 e. The predicted molar refractivity (Wildman–Crippen MR) is 43.1 cm³/mol. The highest BCUT2D eigenvalue weighted by atomic mass is 15.2. The van der Waals surface area contributed by atoms with Crippen molar-refractivity contribution in [2.24, 2.45) is 11.0 Å². The zero-order valence-corrected chi connectivity index (χ0v) is 6.66. The van der Waals surface area contributed by atoms with Crippen molar-refractivity contribution in [3.8, 4) is 0 Å². The third-order valence-electron chi connectivity index (χ3n) is 3.31. The summed E-state index contributed by atoms with van der Waals surface area (Å²) in [6, 6.07) is 0. The molecule has 3 aliphatic carbocycles. The molecule has 0 N–H and O–H groups in total. The maximum Gasteiger partial charge on any atom is 0.0488 e. The second kappa shape index (κ2) is 2.42. The molecule has 0 aliphatic heterocycles. The van der Waals surface area contributed by atoms with Crippen molar-refractivity contribution in [3.63, 3.8) is 0 Å². The van der Waals surface area contributed by atoms with Gasteiger partial charge < -0.3 is 0 Å². The lowest BCUT2D eigenvalue weighted by atomic mass is 9.66. The Morgan fingerprint density at radius 1 is 1.18 bits per heavy atom. The summed E-state index contributed by atoms with van der Waals surface area (Å²) < 4.78 is 0. The van der Waals surface area contributed by atoms with Crippen molar-refractivity contribution < 1.29 is 0 Å². The predicted octanol–water partition coefficient (Wildman–Crippen LogP) is 3.02. The fraction of sp³-hybridized carbons (Fsp3) is 1.00. The van der Waals surface area contributed by atoms with E-state index in [1.807, 2.05) is 0 Å². The van der Waals surface area contributed by atoms with Gasteiger partial charge in [0.15, 0.2) is 0 Å². The quantitative estimate of drug-likeness (QED) is 0.314. The molecule has 0 spiro atoms. The van der Waals surface area contributed by atoms with Crippen molar-refractivity contribution >= 4 is 0 Å². The first-order valence-corrected chi connectivity index (χ1v) is 4.41. The maximum absolute atomic E-state index is 8.39. The topological polar surface area (TPSA) is 48.8 Å². The number of rotatable bonds is 1. The van der Waals surface area contributed by atoms with Crippen LogP contribution in [0, 0.1) is 5.92 Å². The minimum atomic E-state index is 0.0451. The molecule has 3 heteroatoms. The van der Waals surface area contributed by atoms with Crippen molar-refractivity contribution in [1.82, 2.24) is 0 Å². The monoisotopic (exact) mass is 151 g/mol. The van der Waals surface area contributed by atoms with E-state index in [9.17, 15) is 0 Å². The van der Waals surface area contributed by atoms with Gasteiger partial charge in [0.05, 0.1) is 0 Å². The molecule has 0 saturated heterocycles. The van der Waals surface area contributed by atoms with Gasteiger partial charge in [-0.1, -0.05) is 5.11 Å². The number of hydrogen-bond donors (Lipinski definition) is 0. The fourth-order valence-corrected chi connectivity index (χ4v) is 2.47. The van der Waals surface area contributed by atoms with E-state index in [1.54, 1.807) is 0 Å². The Labute approximate surface area is 66.4 Å². The standard InChI is InChI=1S/C8H13N3/c9-11-10-8-4-1-7(2-5-8)3-6-8/h7H,1-6H2. The van der Waals surface area contributed by atoms with E-state index in [0.29, 0.717) is 0 Å². The fourth-order valence-electron chi connectivity index (χ4n) is 2.47. The zero-order chi connectivity index (χ0) is 7.73. The summed E-state index contributed by atoms with van der Waals surface area (Å²) in [4.78, 5) is 2.95. The first-order chi connectivity index (χ1) is 5.35. The van der Waals surface area contributed by atoms with E-state index in [2.05, 4.69) is 10.0 Å². The van der Waals surface area contributed by atoms with E-state index < -0.39 is 0 Å². The van der Waals surface area contributed by atoms with E-state index in [0.717, 1.165) is 25.2 Å². The molecule has 0 aromatic rings. The molecule has 2 bridgehead atoms. The smallest absolute Gasteiger partial charge is 0.0488 e. The van der Waals surface area contributed by atoms with Crippen LogP contribution in [-0.2, 0) is 0 Å². The van der Waals surface area contributed by atoms with Gasteiger partial charge in [-0.2, -0.15) is 0 Å². The highest BCUT2D eigenvalue weighted by Gasteiger charge is 2.39. The second-order valence-corrected chi connectivity index (χ2v) is 3.90.